The van der Waals surface area contributed by atoms with Gasteiger partial charge in [0, 0.05) is 12.6 Å². The molecule has 0 radical (unpaired) electrons. The van der Waals surface area contributed by atoms with Crippen molar-refractivity contribution >= 4 is 17.9 Å². The maximum Gasteiger partial charge on any atom is 0.315 e. The number of benzene rings is 1. The number of amides is 3. The largest absolute Gasteiger partial charge is 0.369 e. The summed E-state index contributed by atoms with van der Waals surface area (Å²) in [7, 11) is 0. The second-order valence-electron chi connectivity index (χ2n) is 8.70. The molecule has 0 aromatic heterocycles. The first-order valence-electron chi connectivity index (χ1n) is 9.97. The highest BCUT2D eigenvalue weighted by Crippen LogP contribution is 2.30. The quantitative estimate of drug-likeness (QED) is 0.672. The number of urea groups is 1. The minimum Gasteiger partial charge on any atom is -0.369 e. The lowest BCUT2D eigenvalue weighted by Crippen LogP contribution is -2.43. The van der Waals surface area contributed by atoms with Crippen LogP contribution in [0.4, 0.5) is 4.79 Å². The van der Waals surface area contributed by atoms with Gasteiger partial charge in [-0.25, -0.2) is 9.79 Å². The summed E-state index contributed by atoms with van der Waals surface area (Å²) in [6.07, 6.45) is 1.72. The third kappa shape index (κ3) is 4.64. The number of guanidine groups is 1. The lowest BCUT2D eigenvalue weighted by molar-refractivity contribution is -0.131. The molecule has 0 spiro atoms. The van der Waals surface area contributed by atoms with Crippen LogP contribution in [0.25, 0.3) is 0 Å². The molecule has 28 heavy (non-hydrogen) atoms. The monoisotopic (exact) mass is 385 g/mol. The summed E-state index contributed by atoms with van der Waals surface area (Å²) in [5, 5.41) is 5.83. The van der Waals surface area contributed by atoms with Gasteiger partial charge < -0.3 is 16.4 Å². The van der Waals surface area contributed by atoms with E-state index in [-0.39, 0.29) is 17.9 Å². The van der Waals surface area contributed by atoms with E-state index in [2.05, 4.69) is 36.4 Å². The molecule has 1 heterocycles. The zero-order chi connectivity index (χ0) is 20.5. The molecule has 1 saturated carbocycles. The van der Waals surface area contributed by atoms with E-state index in [1.165, 1.54) is 0 Å². The number of carbonyl (C=O) groups excluding carboxylic acids is 2. The van der Waals surface area contributed by atoms with Crippen LogP contribution in [0.5, 0.6) is 0 Å². The predicted molar refractivity (Wildman–Crippen MR) is 109 cm³/mol. The normalized spacial score (nSPS) is 26.4. The Morgan fingerprint density at radius 3 is 2.71 bits per heavy atom. The van der Waals surface area contributed by atoms with Crippen molar-refractivity contribution in [3.8, 4) is 0 Å². The highest BCUT2D eigenvalue weighted by molar-refractivity contribution is 6.06. The van der Waals surface area contributed by atoms with Gasteiger partial charge in [0.2, 0.25) is 0 Å². The lowest BCUT2D eigenvalue weighted by Gasteiger charge is -2.23. The molecule has 1 aliphatic heterocycles. The van der Waals surface area contributed by atoms with Crippen molar-refractivity contribution in [3.63, 3.8) is 0 Å². The molecule has 1 aromatic rings. The third-order valence-electron chi connectivity index (χ3n) is 5.36. The number of hydrogen-bond acceptors (Lipinski definition) is 4. The number of carbonyl (C=O) groups is 2. The second-order valence-corrected chi connectivity index (χ2v) is 8.70. The van der Waals surface area contributed by atoms with Crippen LogP contribution in [0.2, 0.25) is 0 Å². The fourth-order valence-corrected chi connectivity index (χ4v) is 3.78. The van der Waals surface area contributed by atoms with Gasteiger partial charge in [-0.3, -0.25) is 9.69 Å². The molecule has 2 aliphatic rings. The number of nitrogens with zero attached hydrogens (tertiary/aromatic N) is 2. The topological polar surface area (TPSA) is 99.8 Å². The lowest BCUT2D eigenvalue weighted by atomic mass is 9.91. The van der Waals surface area contributed by atoms with E-state index in [1.807, 2.05) is 31.2 Å². The van der Waals surface area contributed by atoms with E-state index in [0.29, 0.717) is 37.4 Å². The van der Waals surface area contributed by atoms with Gasteiger partial charge in [0.25, 0.3) is 5.91 Å². The molecule has 1 aliphatic carbocycles. The highest BCUT2D eigenvalue weighted by Gasteiger charge is 2.44. The van der Waals surface area contributed by atoms with Gasteiger partial charge in [0.05, 0.1) is 6.54 Å². The van der Waals surface area contributed by atoms with Gasteiger partial charge in [0.1, 0.15) is 5.54 Å². The van der Waals surface area contributed by atoms with E-state index >= 15 is 0 Å². The molecule has 152 valence electrons. The third-order valence-corrected chi connectivity index (χ3v) is 5.36. The predicted octanol–water partition coefficient (Wildman–Crippen LogP) is 2.36. The van der Waals surface area contributed by atoms with E-state index in [1.54, 1.807) is 4.90 Å². The molecule has 3 atom stereocenters. The number of rotatable bonds is 7. The minimum absolute atomic E-state index is 0.0554. The molecule has 1 aromatic carbocycles. The van der Waals surface area contributed by atoms with Crippen molar-refractivity contribution in [1.29, 1.82) is 0 Å². The fraction of sp³-hybridized carbons (Fsp3) is 0.571. The van der Waals surface area contributed by atoms with Crippen molar-refractivity contribution in [2.45, 2.75) is 65.2 Å². The van der Waals surface area contributed by atoms with Crippen molar-refractivity contribution in [3.05, 3.63) is 35.4 Å². The Balaban J connectivity index is 1.59. The van der Waals surface area contributed by atoms with Crippen molar-refractivity contribution < 1.29 is 9.59 Å². The van der Waals surface area contributed by atoms with Gasteiger partial charge >= 0.3 is 6.03 Å². The molecule has 7 heteroatoms. The Kier molecular flexibility index (Phi) is 5.63. The summed E-state index contributed by atoms with van der Waals surface area (Å²) in [6.45, 7) is 8.93. The van der Waals surface area contributed by atoms with E-state index in [9.17, 15) is 9.59 Å². The molecule has 1 fully saturated rings. The minimum atomic E-state index is -0.782. The average Bonchev–Trinajstić information content (AvgIpc) is 3.26. The maximum absolute atomic E-state index is 12.9. The summed E-state index contributed by atoms with van der Waals surface area (Å²) in [5.41, 5.74) is 7.21. The number of aliphatic imine (C=N–C) groups is 1. The van der Waals surface area contributed by atoms with Crippen LogP contribution in [0.15, 0.2) is 29.3 Å². The van der Waals surface area contributed by atoms with Crippen molar-refractivity contribution in [2.75, 3.05) is 0 Å². The van der Waals surface area contributed by atoms with Crippen LogP contribution in [-0.4, -0.2) is 34.4 Å². The molecular weight excluding hydrogens is 354 g/mol. The summed E-state index contributed by atoms with van der Waals surface area (Å²) in [5.74, 6) is 1.14. The molecular formula is C21H31N5O2. The summed E-state index contributed by atoms with van der Waals surface area (Å²) < 4.78 is 0. The van der Waals surface area contributed by atoms with Crippen LogP contribution in [0.1, 0.15) is 51.7 Å². The average molecular weight is 386 g/mol. The molecule has 1 unspecified atom stereocenters. The SMILES string of the molecule is CC(C)CC1(C)N=C(N)N(Cc2cccc(CNC(=O)N[C@@H]3C[C@H]3C)c2)C1=O. The number of nitrogens with two attached hydrogens (primary N) is 1. The molecule has 0 saturated heterocycles. The Hall–Kier alpha value is -2.57. The van der Waals surface area contributed by atoms with Crippen LogP contribution in [-0.2, 0) is 17.9 Å². The number of hydrogen-bond donors (Lipinski definition) is 3. The van der Waals surface area contributed by atoms with Crippen LogP contribution in [0.3, 0.4) is 0 Å². The molecule has 3 rings (SSSR count). The first kappa shape index (κ1) is 20.2. The standard InChI is InChI=1S/C21H31N5O2/c1-13(2)10-21(4)18(27)26(19(22)25-21)12-16-7-5-6-15(9-16)11-23-20(28)24-17-8-14(17)3/h5-7,9,13-14,17H,8,10-12H2,1-4H3,(H2,22,25)(H2,23,24,28)/t14-,17-,21?/m1/s1. The van der Waals surface area contributed by atoms with Gasteiger partial charge in [0.15, 0.2) is 5.96 Å². The van der Waals surface area contributed by atoms with E-state index < -0.39 is 5.54 Å². The fourth-order valence-electron chi connectivity index (χ4n) is 3.78. The van der Waals surface area contributed by atoms with Gasteiger partial charge in [-0.05, 0) is 42.7 Å². The maximum atomic E-state index is 12.9. The Labute approximate surface area is 166 Å². The first-order valence-corrected chi connectivity index (χ1v) is 9.97. The molecule has 4 N–H and O–H groups in total. The van der Waals surface area contributed by atoms with E-state index in [4.69, 9.17) is 5.73 Å². The van der Waals surface area contributed by atoms with Crippen molar-refractivity contribution in [1.82, 2.24) is 15.5 Å². The summed E-state index contributed by atoms with van der Waals surface area (Å²) in [4.78, 5) is 30.8. The zero-order valence-corrected chi connectivity index (χ0v) is 17.2. The first-order chi connectivity index (χ1) is 13.2. The Morgan fingerprint density at radius 2 is 2.07 bits per heavy atom. The van der Waals surface area contributed by atoms with Gasteiger partial charge in [-0.2, -0.15) is 0 Å². The zero-order valence-electron chi connectivity index (χ0n) is 17.2. The molecule has 7 nitrogen and oxygen atoms in total. The van der Waals surface area contributed by atoms with Crippen LogP contribution < -0.4 is 16.4 Å². The van der Waals surface area contributed by atoms with Gasteiger partial charge in [-0.1, -0.05) is 45.0 Å². The Morgan fingerprint density at radius 1 is 1.39 bits per heavy atom. The second kappa shape index (κ2) is 7.81. The number of nitrogens with one attached hydrogen (secondary N) is 2. The molecule has 3 amide bonds. The van der Waals surface area contributed by atoms with Crippen LogP contribution >= 0.6 is 0 Å². The van der Waals surface area contributed by atoms with E-state index in [0.717, 1.165) is 17.5 Å². The smallest absolute Gasteiger partial charge is 0.315 e. The highest BCUT2D eigenvalue weighted by atomic mass is 16.2. The van der Waals surface area contributed by atoms with Crippen molar-refractivity contribution in [2.24, 2.45) is 22.6 Å². The van der Waals surface area contributed by atoms with Gasteiger partial charge in [-0.15, -0.1) is 0 Å². The summed E-state index contributed by atoms with van der Waals surface area (Å²) in [6, 6.07) is 7.97. The molecule has 0 bridgehead atoms. The summed E-state index contributed by atoms with van der Waals surface area (Å²) >= 11 is 0. The van der Waals surface area contributed by atoms with Crippen LogP contribution in [0, 0.1) is 11.8 Å². The Bertz CT molecular complexity index is 791.